The maximum Gasteiger partial charge on any atom is 0.262 e. The SMILES string of the molecule is O=C1COc2cc(S(=O)(=O)N3CCC[C@@H](C(=O)NCc4ccccc4Cl)C3)c(Cl)cc2N1. The molecule has 0 aromatic heterocycles. The van der Waals surface area contributed by atoms with Crippen molar-refractivity contribution < 1.29 is 22.7 Å². The Morgan fingerprint density at radius 3 is 2.78 bits per heavy atom. The average molecular weight is 498 g/mol. The summed E-state index contributed by atoms with van der Waals surface area (Å²) < 4.78 is 33.2. The first-order chi connectivity index (χ1) is 15.3. The molecule has 2 aliphatic heterocycles. The van der Waals surface area contributed by atoms with E-state index in [1.54, 1.807) is 6.07 Å². The van der Waals surface area contributed by atoms with Crippen molar-refractivity contribution >= 4 is 50.7 Å². The van der Waals surface area contributed by atoms with Gasteiger partial charge in [0.25, 0.3) is 5.91 Å². The monoisotopic (exact) mass is 497 g/mol. The van der Waals surface area contributed by atoms with Crippen LogP contribution in [0.1, 0.15) is 18.4 Å². The molecule has 4 rings (SSSR count). The number of nitrogens with zero attached hydrogens (tertiary/aromatic N) is 1. The number of hydrogen-bond donors (Lipinski definition) is 2. The number of ether oxygens (including phenoxy) is 1. The Bertz CT molecular complexity index is 1170. The highest BCUT2D eigenvalue weighted by atomic mass is 35.5. The molecule has 1 saturated heterocycles. The molecule has 32 heavy (non-hydrogen) atoms. The van der Waals surface area contributed by atoms with E-state index in [0.717, 1.165) is 5.56 Å². The molecule has 0 radical (unpaired) electrons. The maximum atomic E-state index is 13.3. The van der Waals surface area contributed by atoms with E-state index in [9.17, 15) is 18.0 Å². The van der Waals surface area contributed by atoms with Gasteiger partial charge in [-0.25, -0.2) is 8.42 Å². The Kier molecular flexibility index (Phi) is 6.62. The molecule has 2 aromatic carbocycles. The van der Waals surface area contributed by atoms with Crippen LogP contribution in [0.25, 0.3) is 0 Å². The van der Waals surface area contributed by atoms with Crippen molar-refractivity contribution in [3.8, 4) is 5.75 Å². The zero-order valence-corrected chi connectivity index (χ0v) is 19.3. The van der Waals surface area contributed by atoms with Crippen LogP contribution in [0, 0.1) is 5.92 Å². The molecule has 170 valence electrons. The summed E-state index contributed by atoms with van der Waals surface area (Å²) in [5.41, 5.74) is 1.11. The van der Waals surface area contributed by atoms with E-state index in [1.165, 1.54) is 16.4 Å². The highest BCUT2D eigenvalue weighted by molar-refractivity contribution is 7.89. The van der Waals surface area contributed by atoms with Crippen LogP contribution in [0.15, 0.2) is 41.3 Å². The third-order valence-corrected chi connectivity index (χ3v) is 8.15. The Balaban J connectivity index is 1.48. The molecule has 1 fully saturated rings. The van der Waals surface area contributed by atoms with E-state index >= 15 is 0 Å². The molecule has 2 heterocycles. The second kappa shape index (κ2) is 9.27. The smallest absolute Gasteiger partial charge is 0.262 e. The molecule has 2 N–H and O–H groups in total. The Morgan fingerprint density at radius 1 is 1.22 bits per heavy atom. The van der Waals surface area contributed by atoms with Crippen molar-refractivity contribution in [2.75, 3.05) is 25.0 Å². The number of hydrogen-bond acceptors (Lipinski definition) is 5. The van der Waals surface area contributed by atoms with Crippen molar-refractivity contribution in [1.29, 1.82) is 0 Å². The van der Waals surface area contributed by atoms with Crippen molar-refractivity contribution in [1.82, 2.24) is 9.62 Å². The number of carbonyl (C=O) groups is 2. The summed E-state index contributed by atoms with van der Waals surface area (Å²) in [6.07, 6.45) is 1.12. The minimum absolute atomic E-state index is 0.0279. The number of benzene rings is 2. The van der Waals surface area contributed by atoms with Crippen LogP contribution in [0.3, 0.4) is 0 Å². The number of rotatable bonds is 5. The van der Waals surface area contributed by atoms with E-state index < -0.39 is 15.9 Å². The predicted molar refractivity (Wildman–Crippen MR) is 120 cm³/mol. The van der Waals surface area contributed by atoms with Crippen LogP contribution in [0.5, 0.6) is 5.75 Å². The quantitative estimate of drug-likeness (QED) is 0.660. The van der Waals surface area contributed by atoms with E-state index in [4.69, 9.17) is 27.9 Å². The van der Waals surface area contributed by atoms with Gasteiger partial charge in [0.15, 0.2) is 6.61 Å². The lowest BCUT2D eigenvalue weighted by Crippen LogP contribution is -2.45. The fourth-order valence-corrected chi connectivity index (χ4v) is 6.01. The first-order valence-electron chi connectivity index (χ1n) is 10.0. The van der Waals surface area contributed by atoms with Gasteiger partial charge in [0.2, 0.25) is 15.9 Å². The van der Waals surface area contributed by atoms with E-state index in [0.29, 0.717) is 23.6 Å². The number of piperidine rings is 1. The normalized spacial score (nSPS) is 18.9. The lowest BCUT2D eigenvalue weighted by molar-refractivity contribution is -0.126. The van der Waals surface area contributed by atoms with Gasteiger partial charge in [0.05, 0.1) is 16.6 Å². The molecular formula is C21H21Cl2N3O5S. The van der Waals surface area contributed by atoms with Gasteiger partial charge >= 0.3 is 0 Å². The highest BCUT2D eigenvalue weighted by Gasteiger charge is 2.35. The summed E-state index contributed by atoms with van der Waals surface area (Å²) in [6, 6.07) is 9.88. The van der Waals surface area contributed by atoms with Gasteiger partial charge in [-0.3, -0.25) is 9.59 Å². The molecule has 1 atom stereocenters. The summed E-state index contributed by atoms with van der Waals surface area (Å²) in [6.45, 7) is 0.385. The van der Waals surface area contributed by atoms with E-state index in [-0.39, 0.29) is 53.7 Å². The largest absolute Gasteiger partial charge is 0.482 e. The molecule has 2 amide bonds. The third-order valence-electron chi connectivity index (χ3n) is 5.45. The molecule has 2 aromatic rings. The number of amides is 2. The minimum atomic E-state index is -3.97. The predicted octanol–water partition coefficient (Wildman–Crippen LogP) is 3.04. The van der Waals surface area contributed by atoms with Crippen LogP contribution < -0.4 is 15.4 Å². The number of halogens is 2. The van der Waals surface area contributed by atoms with E-state index in [1.807, 2.05) is 18.2 Å². The standard InChI is InChI=1S/C21H21Cl2N3O5S/c22-15-6-2-1-4-13(15)10-24-21(28)14-5-3-7-26(11-14)32(29,30)19-9-18-17(8-16(19)23)25-20(27)12-31-18/h1-2,4,6,8-9,14H,3,5,7,10-12H2,(H,24,28)(H,25,27)/t14-/m1/s1. The molecule has 2 aliphatic rings. The number of carbonyl (C=O) groups excluding carboxylic acids is 2. The second-order valence-corrected chi connectivity index (χ2v) is 10.3. The van der Waals surface area contributed by atoms with Gasteiger partial charge in [0.1, 0.15) is 10.6 Å². The van der Waals surface area contributed by atoms with Gasteiger partial charge < -0.3 is 15.4 Å². The molecule has 0 unspecified atom stereocenters. The molecule has 0 bridgehead atoms. The fraction of sp³-hybridized carbons (Fsp3) is 0.333. The zero-order chi connectivity index (χ0) is 22.9. The fourth-order valence-electron chi connectivity index (χ4n) is 3.76. The first kappa shape index (κ1) is 22.8. The number of anilines is 1. The molecule has 8 nitrogen and oxygen atoms in total. The molecule has 11 heteroatoms. The average Bonchev–Trinajstić information content (AvgIpc) is 2.77. The first-order valence-corrected chi connectivity index (χ1v) is 12.2. The van der Waals surface area contributed by atoms with Crippen LogP contribution in [-0.2, 0) is 26.2 Å². The van der Waals surface area contributed by atoms with Crippen LogP contribution in [0.2, 0.25) is 10.0 Å². The summed E-state index contributed by atoms with van der Waals surface area (Å²) in [4.78, 5) is 24.1. The van der Waals surface area contributed by atoms with Crippen molar-refractivity contribution in [3.05, 3.63) is 52.0 Å². The van der Waals surface area contributed by atoms with Gasteiger partial charge in [-0.15, -0.1) is 0 Å². The van der Waals surface area contributed by atoms with Crippen molar-refractivity contribution in [2.45, 2.75) is 24.3 Å². The summed E-state index contributed by atoms with van der Waals surface area (Å²) in [5.74, 6) is -0.829. The molecule has 0 saturated carbocycles. The Hall–Kier alpha value is -2.33. The summed E-state index contributed by atoms with van der Waals surface area (Å²) in [5, 5.41) is 5.97. The van der Waals surface area contributed by atoms with Crippen molar-refractivity contribution in [2.24, 2.45) is 5.92 Å². The molecule has 0 spiro atoms. The Morgan fingerprint density at radius 2 is 2.00 bits per heavy atom. The maximum absolute atomic E-state index is 13.3. The van der Waals surface area contributed by atoms with Crippen molar-refractivity contribution in [3.63, 3.8) is 0 Å². The van der Waals surface area contributed by atoms with Gasteiger partial charge in [0, 0.05) is 30.7 Å². The van der Waals surface area contributed by atoms with Gasteiger partial charge in [-0.2, -0.15) is 4.31 Å². The van der Waals surface area contributed by atoms with Gasteiger partial charge in [-0.05, 0) is 30.5 Å². The number of sulfonamides is 1. The lowest BCUT2D eigenvalue weighted by Gasteiger charge is -2.31. The zero-order valence-electron chi connectivity index (χ0n) is 16.9. The summed E-state index contributed by atoms with van der Waals surface area (Å²) in [7, 11) is -3.97. The van der Waals surface area contributed by atoms with E-state index in [2.05, 4.69) is 10.6 Å². The highest BCUT2D eigenvalue weighted by Crippen LogP contribution is 2.37. The number of nitrogens with one attached hydrogen (secondary N) is 2. The third kappa shape index (κ3) is 4.71. The number of fused-ring (bicyclic) bond motifs is 1. The lowest BCUT2D eigenvalue weighted by atomic mass is 9.99. The Labute approximate surface area is 195 Å². The van der Waals surface area contributed by atoms with Crippen LogP contribution in [0.4, 0.5) is 5.69 Å². The van der Waals surface area contributed by atoms with Crippen LogP contribution in [-0.4, -0.2) is 44.2 Å². The molecular weight excluding hydrogens is 477 g/mol. The minimum Gasteiger partial charge on any atom is -0.482 e. The topological polar surface area (TPSA) is 105 Å². The molecule has 0 aliphatic carbocycles. The van der Waals surface area contributed by atoms with Gasteiger partial charge in [-0.1, -0.05) is 41.4 Å². The van der Waals surface area contributed by atoms with Crippen LogP contribution >= 0.6 is 23.2 Å². The summed E-state index contributed by atoms with van der Waals surface area (Å²) >= 11 is 12.4. The second-order valence-electron chi connectivity index (χ2n) is 7.63.